The number of fused-ring (bicyclic) bond motifs is 1. The molecule has 1 aromatic heterocycles. The van der Waals surface area contributed by atoms with Crippen molar-refractivity contribution in [2.45, 2.75) is 39.2 Å². The van der Waals surface area contributed by atoms with Crippen molar-refractivity contribution < 1.29 is 14.3 Å². The highest BCUT2D eigenvalue weighted by atomic mass is 35.5. The number of nitrogens with zero attached hydrogens (tertiary/aromatic N) is 2. The van der Waals surface area contributed by atoms with Crippen molar-refractivity contribution in [3.63, 3.8) is 0 Å². The smallest absolute Gasteiger partial charge is 0.254 e. The van der Waals surface area contributed by atoms with Crippen LogP contribution in [-0.2, 0) is 11.2 Å². The third kappa shape index (κ3) is 5.45. The monoisotopic (exact) mass is 522 g/mol. The predicted molar refractivity (Wildman–Crippen MR) is 144 cm³/mol. The highest BCUT2D eigenvalue weighted by Gasteiger charge is 2.35. The Morgan fingerprint density at radius 2 is 1.92 bits per heavy atom. The number of hydrogen-bond acceptors (Lipinski definition) is 4. The molecule has 1 fully saturated rings. The van der Waals surface area contributed by atoms with Crippen LogP contribution < -0.4 is 4.74 Å². The normalized spacial score (nSPS) is 17.0. The Labute approximate surface area is 221 Å². The zero-order chi connectivity index (χ0) is 25.2. The van der Waals surface area contributed by atoms with E-state index in [0.717, 1.165) is 41.7 Å². The van der Waals surface area contributed by atoms with Crippen molar-refractivity contribution in [1.29, 1.82) is 0 Å². The Hall–Kier alpha value is -2.83. The number of aryl methyl sites for hydroxylation is 2. The van der Waals surface area contributed by atoms with E-state index in [-0.39, 0.29) is 24.4 Å². The molecule has 188 valence electrons. The molecule has 0 saturated heterocycles. The highest BCUT2D eigenvalue weighted by molar-refractivity contribution is 7.10. The first-order valence-electron chi connectivity index (χ1n) is 12.5. The molecule has 2 heterocycles. The molecule has 5 nitrogen and oxygen atoms in total. The molecule has 0 unspecified atom stereocenters. The van der Waals surface area contributed by atoms with Gasteiger partial charge < -0.3 is 14.5 Å². The number of hydrogen-bond donors (Lipinski definition) is 0. The second-order valence-electron chi connectivity index (χ2n) is 9.82. The molecule has 1 atom stereocenters. The van der Waals surface area contributed by atoms with Gasteiger partial charge in [-0.3, -0.25) is 9.59 Å². The number of rotatable bonds is 8. The fourth-order valence-corrected chi connectivity index (χ4v) is 5.87. The minimum atomic E-state index is -0.195. The fourth-order valence-electron chi connectivity index (χ4n) is 4.83. The van der Waals surface area contributed by atoms with Gasteiger partial charge >= 0.3 is 0 Å². The van der Waals surface area contributed by atoms with Crippen LogP contribution in [0.4, 0.5) is 0 Å². The van der Waals surface area contributed by atoms with Gasteiger partial charge in [-0.1, -0.05) is 29.8 Å². The summed E-state index contributed by atoms with van der Waals surface area (Å²) in [5, 5.41) is 2.78. The first-order chi connectivity index (χ1) is 17.4. The van der Waals surface area contributed by atoms with Gasteiger partial charge in [-0.15, -0.1) is 11.3 Å². The molecule has 1 saturated carbocycles. The van der Waals surface area contributed by atoms with Gasteiger partial charge in [0, 0.05) is 28.6 Å². The van der Waals surface area contributed by atoms with Crippen LogP contribution in [0, 0.1) is 19.8 Å². The van der Waals surface area contributed by atoms with Crippen molar-refractivity contribution in [2.24, 2.45) is 5.92 Å². The minimum absolute atomic E-state index is 0.0321. The van der Waals surface area contributed by atoms with Crippen molar-refractivity contribution in [1.82, 2.24) is 9.80 Å². The van der Waals surface area contributed by atoms with Gasteiger partial charge in [0.25, 0.3) is 5.91 Å². The predicted octanol–water partition coefficient (Wildman–Crippen LogP) is 6.08. The third-order valence-electron chi connectivity index (χ3n) is 7.12. The van der Waals surface area contributed by atoms with Gasteiger partial charge in [0.1, 0.15) is 18.9 Å². The lowest BCUT2D eigenvalue weighted by atomic mass is 10.00. The highest BCUT2D eigenvalue weighted by Crippen LogP contribution is 2.35. The Morgan fingerprint density at radius 3 is 2.67 bits per heavy atom. The summed E-state index contributed by atoms with van der Waals surface area (Å²) < 4.78 is 6.17. The lowest BCUT2D eigenvalue weighted by Gasteiger charge is -2.37. The van der Waals surface area contributed by atoms with Crippen molar-refractivity contribution in [2.75, 3.05) is 26.2 Å². The van der Waals surface area contributed by atoms with E-state index in [0.29, 0.717) is 36.2 Å². The summed E-state index contributed by atoms with van der Waals surface area (Å²) in [6.45, 7) is 5.57. The summed E-state index contributed by atoms with van der Waals surface area (Å²) in [6, 6.07) is 15.1. The number of ether oxygens (including phenoxy) is 1. The Kier molecular flexibility index (Phi) is 7.35. The van der Waals surface area contributed by atoms with E-state index in [1.807, 2.05) is 61.2 Å². The van der Waals surface area contributed by atoms with Crippen LogP contribution in [0.5, 0.6) is 5.75 Å². The summed E-state index contributed by atoms with van der Waals surface area (Å²) in [5.74, 6) is 1.13. The van der Waals surface area contributed by atoms with Gasteiger partial charge in [0.05, 0.1) is 6.04 Å². The van der Waals surface area contributed by atoms with Crippen molar-refractivity contribution in [3.05, 3.63) is 86.1 Å². The third-order valence-corrected chi connectivity index (χ3v) is 8.54. The van der Waals surface area contributed by atoms with Crippen LogP contribution in [0.15, 0.2) is 53.9 Å². The van der Waals surface area contributed by atoms with E-state index >= 15 is 0 Å². The van der Waals surface area contributed by atoms with Gasteiger partial charge in [-0.05, 0) is 91.4 Å². The zero-order valence-electron chi connectivity index (χ0n) is 20.7. The number of halogens is 1. The molecule has 3 aromatic rings. The lowest BCUT2D eigenvalue weighted by molar-refractivity contribution is -0.135. The second kappa shape index (κ2) is 10.7. The zero-order valence-corrected chi connectivity index (χ0v) is 22.3. The molecule has 0 N–H and O–H groups in total. The molecule has 36 heavy (non-hydrogen) atoms. The standard InChI is InChI=1S/C29H31ClN2O3S/c1-19-5-3-4-6-23(19)29(34)31(16-21-7-8-21)17-28(33)32-13-11-27-24(12-14-36-27)26(32)18-35-22-9-10-25(30)20(2)15-22/h3-6,9-10,12,14-15,21,26H,7-8,11,13,16-18H2,1-2H3/t26-/m1/s1. The quantitative estimate of drug-likeness (QED) is 0.360. The molecule has 2 amide bonds. The van der Waals surface area contributed by atoms with Gasteiger partial charge in [-0.25, -0.2) is 0 Å². The number of benzene rings is 2. The molecule has 2 aromatic carbocycles. The van der Waals surface area contributed by atoms with Crippen LogP contribution in [0.25, 0.3) is 0 Å². The average Bonchev–Trinajstić information content (AvgIpc) is 3.56. The number of carbonyl (C=O) groups is 2. The maximum atomic E-state index is 13.7. The van der Waals surface area contributed by atoms with Crippen LogP contribution in [0.2, 0.25) is 5.02 Å². The molecule has 5 rings (SSSR count). The fraction of sp³-hybridized carbons (Fsp3) is 0.379. The number of amides is 2. The van der Waals surface area contributed by atoms with Crippen molar-refractivity contribution in [3.8, 4) is 5.75 Å². The summed E-state index contributed by atoms with van der Waals surface area (Å²) in [6.07, 6.45) is 3.05. The number of carbonyl (C=O) groups excluding carboxylic acids is 2. The molecular weight excluding hydrogens is 492 g/mol. The first-order valence-corrected chi connectivity index (χ1v) is 13.8. The van der Waals surface area contributed by atoms with E-state index < -0.39 is 0 Å². The van der Waals surface area contributed by atoms with E-state index in [2.05, 4.69) is 11.4 Å². The lowest BCUT2D eigenvalue weighted by Crippen LogP contribution is -2.48. The van der Waals surface area contributed by atoms with Crippen LogP contribution >= 0.6 is 22.9 Å². The molecule has 0 spiro atoms. The second-order valence-corrected chi connectivity index (χ2v) is 11.2. The van der Waals surface area contributed by atoms with E-state index in [1.165, 1.54) is 4.88 Å². The first kappa shape index (κ1) is 24.8. The van der Waals surface area contributed by atoms with Crippen LogP contribution in [0.1, 0.15) is 50.8 Å². The SMILES string of the molecule is Cc1cc(OC[C@@H]2c3ccsc3CCN2C(=O)CN(CC2CC2)C(=O)c2ccccc2C)ccc1Cl. The summed E-state index contributed by atoms with van der Waals surface area (Å²) in [7, 11) is 0. The maximum absolute atomic E-state index is 13.7. The molecule has 7 heteroatoms. The summed E-state index contributed by atoms with van der Waals surface area (Å²) in [5.41, 5.74) is 3.69. The minimum Gasteiger partial charge on any atom is -0.491 e. The van der Waals surface area contributed by atoms with Crippen molar-refractivity contribution >= 4 is 34.8 Å². The van der Waals surface area contributed by atoms with Crippen LogP contribution in [0.3, 0.4) is 0 Å². The van der Waals surface area contributed by atoms with E-state index in [4.69, 9.17) is 16.3 Å². The molecule has 1 aliphatic heterocycles. The Bertz CT molecular complexity index is 1270. The molecule has 2 aliphatic rings. The average molecular weight is 523 g/mol. The van der Waals surface area contributed by atoms with E-state index in [1.54, 1.807) is 16.2 Å². The van der Waals surface area contributed by atoms with Gasteiger partial charge in [0.15, 0.2) is 0 Å². The number of thiophene rings is 1. The Balaban J connectivity index is 1.35. The molecular formula is C29H31ClN2O3S. The van der Waals surface area contributed by atoms with Crippen LogP contribution in [-0.4, -0.2) is 47.9 Å². The summed E-state index contributed by atoms with van der Waals surface area (Å²) in [4.78, 5) is 32.2. The van der Waals surface area contributed by atoms with Gasteiger partial charge in [0.2, 0.25) is 5.91 Å². The maximum Gasteiger partial charge on any atom is 0.254 e. The molecule has 0 radical (unpaired) electrons. The molecule has 1 aliphatic carbocycles. The summed E-state index contributed by atoms with van der Waals surface area (Å²) >= 11 is 7.90. The topological polar surface area (TPSA) is 49.9 Å². The van der Waals surface area contributed by atoms with Gasteiger partial charge in [-0.2, -0.15) is 0 Å². The molecule has 0 bridgehead atoms. The Morgan fingerprint density at radius 1 is 1.11 bits per heavy atom. The largest absolute Gasteiger partial charge is 0.491 e. The van der Waals surface area contributed by atoms with E-state index in [9.17, 15) is 9.59 Å².